The predicted octanol–water partition coefficient (Wildman–Crippen LogP) is 3.72. The average molecular weight is 367 g/mol. The van der Waals surface area contributed by atoms with Crippen LogP contribution in [0.15, 0.2) is 0 Å². The van der Waals surface area contributed by atoms with Crippen LogP contribution in [-0.2, 0) is 22.4 Å². The monoisotopic (exact) mass is 366 g/mol. The third-order valence-electron chi connectivity index (χ3n) is 4.55. The number of rotatable bonds is 8. The number of carbonyl (C=O) groups is 2. The fraction of sp³-hybridized carbons (Fsp3) is 0.684. The summed E-state index contributed by atoms with van der Waals surface area (Å²) in [7, 11) is 1.95. The Morgan fingerprint density at radius 1 is 1.36 bits per heavy atom. The number of hydrogen-bond acceptors (Lipinski definition) is 5. The molecule has 0 aliphatic heterocycles. The first-order valence-corrected chi connectivity index (χ1v) is 10.1. The van der Waals surface area contributed by atoms with Gasteiger partial charge in [-0.3, -0.25) is 9.69 Å². The maximum absolute atomic E-state index is 12.4. The molecule has 140 valence electrons. The maximum atomic E-state index is 12.4. The van der Waals surface area contributed by atoms with Crippen molar-refractivity contribution in [3.8, 4) is 0 Å². The highest BCUT2D eigenvalue weighted by atomic mass is 32.1. The Morgan fingerprint density at radius 3 is 2.80 bits per heavy atom. The number of hydrogen-bond donors (Lipinski definition) is 1. The van der Waals surface area contributed by atoms with E-state index in [2.05, 4.69) is 19.2 Å². The van der Waals surface area contributed by atoms with Gasteiger partial charge in [0.2, 0.25) is 5.91 Å². The molecular formula is C19H30N2O3S. The molecule has 1 aliphatic carbocycles. The molecule has 2 rings (SSSR count). The molecule has 0 saturated heterocycles. The van der Waals surface area contributed by atoms with Crippen LogP contribution in [0.2, 0.25) is 0 Å². The lowest BCUT2D eigenvalue weighted by molar-refractivity contribution is -0.117. The summed E-state index contributed by atoms with van der Waals surface area (Å²) < 4.78 is 5.24. The molecule has 1 aromatic heterocycles. The fourth-order valence-corrected chi connectivity index (χ4v) is 4.59. The van der Waals surface area contributed by atoms with Crippen LogP contribution in [-0.4, -0.2) is 43.5 Å². The van der Waals surface area contributed by atoms with Crippen LogP contribution in [0.3, 0.4) is 0 Å². The number of fused-ring (bicyclic) bond motifs is 1. The molecule has 1 amide bonds. The van der Waals surface area contributed by atoms with Gasteiger partial charge in [0.05, 0.1) is 18.7 Å². The van der Waals surface area contributed by atoms with E-state index in [-0.39, 0.29) is 11.9 Å². The number of amides is 1. The van der Waals surface area contributed by atoms with Gasteiger partial charge in [0, 0.05) is 4.88 Å². The van der Waals surface area contributed by atoms with Crippen LogP contribution in [0.1, 0.15) is 60.8 Å². The lowest BCUT2D eigenvalue weighted by Gasteiger charge is -2.18. The van der Waals surface area contributed by atoms with E-state index in [0.29, 0.717) is 29.6 Å². The second-order valence-corrected chi connectivity index (χ2v) is 8.02. The summed E-state index contributed by atoms with van der Waals surface area (Å²) in [4.78, 5) is 28.1. The lowest BCUT2D eigenvalue weighted by atomic mass is 9.88. The summed E-state index contributed by atoms with van der Waals surface area (Å²) in [5, 5.41) is 3.63. The zero-order chi connectivity index (χ0) is 18.4. The minimum Gasteiger partial charge on any atom is -0.462 e. The molecule has 0 bridgehead atoms. The van der Waals surface area contributed by atoms with Gasteiger partial charge in [0.25, 0.3) is 0 Å². The molecule has 0 spiro atoms. The van der Waals surface area contributed by atoms with Gasteiger partial charge in [0.1, 0.15) is 5.00 Å². The molecule has 1 atom stereocenters. The van der Waals surface area contributed by atoms with Gasteiger partial charge < -0.3 is 10.1 Å². The second kappa shape index (κ2) is 9.34. The van der Waals surface area contributed by atoms with Crippen molar-refractivity contribution in [2.45, 2.75) is 52.9 Å². The highest BCUT2D eigenvalue weighted by molar-refractivity contribution is 7.17. The quantitative estimate of drug-likeness (QED) is 0.713. The number of likely N-dealkylation sites (N-methyl/N-ethyl adjacent to an activating group) is 1. The smallest absolute Gasteiger partial charge is 0.341 e. The van der Waals surface area contributed by atoms with Crippen LogP contribution >= 0.6 is 11.3 Å². The van der Waals surface area contributed by atoms with Gasteiger partial charge in [0.15, 0.2) is 0 Å². The molecular weight excluding hydrogens is 336 g/mol. The second-order valence-electron chi connectivity index (χ2n) is 6.92. The van der Waals surface area contributed by atoms with E-state index in [4.69, 9.17) is 4.74 Å². The molecule has 1 N–H and O–H groups in total. The van der Waals surface area contributed by atoms with E-state index in [0.717, 1.165) is 44.2 Å². The molecule has 5 nitrogen and oxygen atoms in total. The van der Waals surface area contributed by atoms with Gasteiger partial charge in [-0.15, -0.1) is 11.3 Å². The van der Waals surface area contributed by atoms with E-state index in [9.17, 15) is 9.59 Å². The molecule has 0 radical (unpaired) electrons. The third kappa shape index (κ3) is 5.28. The van der Waals surface area contributed by atoms with Gasteiger partial charge in [-0.2, -0.15) is 0 Å². The number of esters is 1. The van der Waals surface area contributed by atoms with Crippen molar-refractivity contribution in [3.05, 3.63) is 16.0 Å². The maximum Gasteiger partial charge on any atom is 0.341 e. The van der Waals surface area contributed by atoms with Gasteiger partial charge >= 0.3 is 5.97 Å². The lowest BCUT2D eigenvalue weighted by Crippen LogP contribution is -2.31. The van der Waals surface area contributed by atoms with Crippen LogP contribution < -0.4 is 5.32 Å². The zero-order valence-corrected chi connectivity index (χ0v) is 16.6. The average Bonchev–Trinajstić information content (AvgIpc) is 2.89. The Morgan fingerprint density at radius 2 is 2.12 bits per heavy atom. The Balaban J connectivity index is 2.16. The van der Waals surface area contributed by atoms with E-state index < -0.39 is 0 Å². The summed E-state index contributed by atoms with van der Waals surface area (Å²) >= 11 is 1.54. The molecule has 1 aliphatic rings. The highest BCUT2D eigenvalue weighted by Crippen LogP contribution is 2.40. The summed E-state index contributed by atoms with van der Waals surface area (Å²) in [6, 6.07) is 0. The van der Waals surface area contributed by atoms with Crippen LogP contribution in [0.4, 0.5) is 5.00 Å². The normalized spacial score (nSPS) is 16.6. The molecule has 1 aromatic rings. The summed E-state index contributed by atoms with van der Waals surface area (Å²) in [5.74, 6) is 0.227. The SMILES string of the molecule is CCCCN(C)CC(=O)Nc1sc2c(c1C(=O)OCC)CC[C@@H](C)C2. The molecule has 0 fully saturated rings. The summed E-state index contributed by atoms with van der Waals surface area (Å²) in [6.07, 6.45) is 5.10. The molecule has 0 unspecified atom stereocenters. The first-order chi connectivity index (χ1) is 12.0. The fourth-order valence-electron chi connectivity index (χ4n) is 3.18. The first kappa shape index (κ1) is 19.9. The Labute approximate surface area is 154 Å². The van der Waals surface area contributed by atoms with Crippen molar-refractivity contribution >= 4 is 28.2 Å². The Kier molecular flexibility index (Phi) is 7.44. The number of nitrogens with one attached hydrogen (secondary N) is 1. The molecule has 1 heterocycles. The Bertz CT molecular complexity index is 612. The van der Waals surface area contributed by atoms with Gasteiger partial charge in [-0.05, 0) is 57.7 Å². The van der Waals surface area contributed by atoms with Crippen LogP contribution in [0.5, 0.6) is 0 Å². The topological polar surface area (TPSA) is 58.6 Å². The van der Waals surface area contributed by atoms with Crippen molar-refractivity contribution < 1.29 is 14.3 Å². The van der Waals surface area contributed by atoms with Crippen LogP contribution in [0.25, 0.3) is 0 Å². The number of thiophene rings is 1. The molecule has 0 aromatic carbocycles. The molecule has 6 heteroatoms. The third-order valence-corrected chi connectivity index (χ3v) is 5.72. The van der Waals surface area contributed by atoms with E-state index in [1.54, 1.807) is 18.3 Å². The standard InChI is InChI=1S/C19H30N2O3S/c1-5-7-10-21(4)12-16(22)20-18-17(19(23)24-6-2)14-9-8-13(3)11-15(14)25-18/h13H,5-12H2,1-4H3,(H,20,22)/t13-/m1/s1. The summed E-state index contributed by atoms with van der Waals surface area (Å²) in [6.45, 7) is 7.74. The van der Waals surface area contributed by atoms with E-state index >= 15 is 0 Å². The van der Waals surface area contributed by atoms with E-state index in [1.165, 1.54) is 4.88 Å². The minimum atomic E-state index is -0.316. The number of nitrogens with zero attached hydrogens (tertiary/aromatic N) is 1. The van der Waals surface area contributed by atoms with Crippen molar-refractivity contribution in [3.63, 3.8) is 0 Å². The van der Waals surface area contributed by atoms with Crippen molar-refractivity contribution in [1.29, 1.82) is 0 Å². The van der Waals surface area contributed by atoms with Gasteiger partial charge in [-0.25, -0.2) is 4.79 Å². The zero-order valence-electron chi connectivity index (χ0n) is 15.8. The van der Waals surface area contributed by atoms with Gasteiger partial charge in [-0.1, -0.05) is 20.3 Å². The van der Waals surface area contributed by atoms with Crippen LogP contribution in [0, 0.1) is 5.92 Å². The Hall–Kier alpha value is -1.40. The number of ether oxygens (including phenoxy) is 1. The largest absolute Gasteiger partial charge is 0.462 e. The predicted molar refractivity (Wildman–Crippen MR) is 102 cm³/mol. The number of anilines is 1. The number of unbranched alkanes of at least 4 members (excludes halogenated alkanes) is 1. The van der Waals surface area contributed by atoms with Crippen molar-refractivity contribution in [2.75, 3.05) is 32.1 Å². The number of carbonyl (C=O) groups excluding carboxylic acids is 2. The minimum absolute atomic E-state index is 0.0733. The highest BCUT2D eigenvalue weighted by Gasteiger charge is 2.29. The molecule has 0 saturated carbocycles. The summed E-state index contributed by atoms with van der Waals surface area (Å²) in [5.41, 5.74) is 1.66. The molecule has 25 heavy (non-hydrogen) atoms. The van der Waals surface area contributed by atoms with Crippen molar-refractivity contribution in [1.82, 2.24) is 4.90 Å². The van der Waals surface area contributed by atoms with Crippen molar-refractivity contribution in [2.24, 2.45) is 5.92 Å². The first-order valence-electron chi connectivity index (χ1n) is 9.26. The van der Waals surface area contributed by atoms with E-state index in [1.807, 2.05) is 11.9 Å².